The van der Waals surface area contributed by atoms with Crippen LogP contribution in [0.1, 0.15) is 42.5 Å². The molecule has 2 amide bonds. The number of sulfonamides is 1. The molecule has 0 aromatic heterocycles. The van der Waals surface area contributed by atoms with Gasteiger partial charge in [0.25, 0.3) is 0 Å². The van der Waals surface area contributed by atoms with Crippen molar-refractivity contribution in [3.05, 3.63) is 99.0 Å². The van der Waals surface area contributed by atoms with Gasteiger partial charge in [-0.2, -0.15) is 0 Å². The third-order valence-electron chi connectivity index (χ3n) is 6.96. The van der Waals surface area contributed by atoms with Crippen molar-refractivity contribution in [2.45, 2.75) is 59.2 Å². The lowest BCUT2D eigenvalue weighted by molar-refractivity contribution is -0.140. The fourth-order valence-electron chi connectivity index (χ4n) is 4.53. The molecule has 2 atom stereocenters. The summed E-state index contributed by atoms with van der Waals surface area (Å²) in [5.41, 5.74) is 3.38. The number of aryl methyl sites for hydroxylation is 2. The van der Waals surface area contributed by atoms with Crippen molar-refractivity contribution in [1.82, 2.24) is 10.2 Å². The lowest BCUT2D eigenvalue weighted by atomic mass is 10.0. The molecule has 41 heavy (non-hydrogen) atoms. The van der Waals surface area contributed by atoms with Crippen LogP contribution < -0.4 is 9.62 Å². The minimum Gasteiger partial charge on any atom is -0.352 e. The Kier molecular flexibility index (Phi) is 11.2. The average molecular weight is 619 g/mol. The van der Waals surface area contributed by atoms with E-state index in [-0.39, 0.29) is 24.9 Å². The van der Waals surface area contributed by atoms with Crippen LogP contribution in [0.25, 0.3) is 0 Å². The number of benzene rings is 3. The maximum atomic E-state index is 14.2. The number of carbonyl (C=O) groups is 2. The largest absolute Gasteiger partial charge is 0.352 e. The van der Waals surface area contributed by atoms with Gasteiger partial charge >= 0.3 is 0 Å². The number of halogens is 2. The standard InChI is InChI=1S/C31H37Cl2N3O4S/c1-6-23(4)34-31(38)29(18-24-11-8-7-9-12-24)35(19-25-26(32)13-10-14-27(25)33)30(37)20-36(41(5,39)40)28-16-15-21(2)17-22(28)3/h7-17,23,29H,6,18-20H2,1-5H3,(H,34,38)/t23-,29+/m1/s1. The molecule has 0 aliphatic rings. The maximum Gasteiger partial charge on any atom is 0.244 e. The third-order valence-corrected chi connectivity index (χ3v) is 8.80. The van der Waals surface area contributed by atoms with Crippen LogP contribution in [-0.2, 0) is 32.6 Å². The normalized spacial score (nSPS) is 12.9. The SMILES string of the molecule is CC[C@@H](C)NC(=O)[C@H](Cc1ccccc1)N(Cc1c(Cl)cccc1Cl)C(=O)CN(c1ccc(C)cc1C)S(C)(=O)=O. The van der Waals surface area contributed by atoms with Crippen LogP contribution in [0.15, 0.2) is 66.7 Å². The summed E-state index contributed by atoms with van der Waals surface area (Å²) in [5.74, 6) is -0.913. The highest BCUT2D eigenvalue weighted by Gasteiger charge is 2.34. The molecule has 0 saturated carbocycles. The number of carbonyl (C=O) groups excluding carboxylic acids is 2. The average Bonchev–Trinajstić information content (AvgIpc) is 2.90. The summed E-state index contributed by atoms with van der Waals surface area (Å²) in [6, 6.07) is 18.6. The predicted molar refractivity (Wildman–Crippen MR) is 167 cm³/mol. The van der Waals surface area contributed by atoms with Gasteiger partial charge in [-0.15, -0.1) is 0 Å². The number of rotatable bonds is 12. The molecule has 3 aromatic rings. The molecule has 3 aromatic carbocycles. The summed E-state index contributed by atoms with van der Waals surface area (Å²) in [6.45, 7) is 6.95. The first-order valence-corrected chi connectivity index (χ1v) is 16.0. The Bertz CT molecular complexity index is 1460. The number of anilines is 1. The summed E-state index contributed by atoms with van der Waals surface area (Å²) >= 11 is 13.0. The Morgan fingerprint density at radius 1 is 0.951 bits per heavy atom. The van der Waals surface area contributed by atoms with Crippen molar-refractivity contribution >= 4 is 50.7 Å². The highest BCUT2D eigenvalue weighted by Crippen LogP contribution is 2.29. The van der Waals surface area contributed by atoms with Crippen LogP contribution >= 0.6 is 23.2 Å². The first kappa shape index (κ1) is 32.4. The molecule has 0 fully saturated rings. The smallest absolute Gasteiger partial charge is 0.244 e. The lowest BCUT2D eigenvalue weighted by Crippen LogP contribution is -2.54. The molecule has 220 valence electrons. The molecule has 0 unspecified atom stereocenters. The summed E-state index contributed by atoms with van der Waals surface area (Å²) < 4.78 is 27.1. The van der Waals surface area contributed by atoms with Gasteiger partial charge in [-0.25, -0.2) is 8.42 Å². The van der Waals surface area contributed by atoms with Crippen molar-refractivity contribution in [2.75, 3.05) is 17.1 Å². The van der Waals surface area contributed by atoms with Gasteiger partial charge in [0.05, 0.1) is 11.9 Å². The molecular weight excluding hydrogens is 581 g/mol. The molecule has 0 aliphatic carbocycles. The van der Waals surface area contributed by atoms with E-state index in [2.05, 4.69) is 5.32 Å². The number of nitrogens with one attached hydrogen (secondary N) is 1. The number of amides is 2. The summed E-state index contributed by atoms with van der Waals surface area (Å²) in [5, 5.41) is 3.68. The van der Waals surface area contributed by atoms with Crippen molar-refractivity contribution in [1.29, 1.82) is 0 Å². The second-order valence-corrected chi connectivity index (χ2v) is 13.0. The Morgan fingerprint density at radius 3 is 2.15 bits per heavy atom. The maximum absolute atomic E-state index is 14.2. The van der Waals surface area contributed by atoms with E-state index >= 15 is 0 Å². The fraction of sp³-hybridized carbons (Fsp3) is 0.355. The van der Waals surface area contributed by atoms with E-state index < -0.39 is 28.5 Å². The first-order chi connectivity index (χ1) is 19.3. The minimum absolute atomic E-state index is 0.0900. The summed E-state index contributed by atoms with van der Waals surface area (Å²) in [6.07, 6.45) is 1.97. The second-order valence-electron chi connectivity index (χ2n) is 10.3. The topological polar surface area (TPSA) is 86.8 Å². The van der Waals surface area contributed by atoms with Crippen LogP contribution in [0.3, 0.4) is 0 Å². The zero-order valence-corrected chi connectivity index (χ0v) is 26.4. The fourth-order valence-corrected chi connectivity index (χ4v) is 5.95. The highest BCUT2D eigenvalue weighted by atomic mass is 35.5. The van der Waals surface area contributed by atoms with Crippen molar-refractivity contribution in [3.63, 3.8) is 0 Å². The van der Waals surface area contributed by atoms with Gasteiger partial charge in [-0.3, -0.25) is 13.9 Å². The molecule has 0 radical (unpaired) electrons. The molecule has 10 heteroatoms. The Hall–Kier alpha value is -3.07. The van der Waals surface area contributed by atoms with Gasteiger partial charge < -0.3 is 10.2 Å². The van der Waals surface area contributed by atoms with Crippen molar-refractivity contribution < 1.29 is 18.0 Å². The van der Waals surface area contributed by atoms with Gasteiger partial charge in [-0.1, -0.05) is 84.2 Å². The predicted octanol–water partition coefficient (Wildman–Crippen LogP) is 5.93. The third kappa shape index (κ3) is 8.71. The van der Waals surface area contributed by atoms with Gasteiger partial charge in [0.2, 0.25) is 21.8 Å². The second kappa shape index (κ2) is 14.2. The Morgan fingerprint density at radius 2 is 1.59 bits per heavy atom. The van der Waals surface area contributed by atoms with E-state index in [1.54, 1.807) is 37.3 Å². The van der Waals surface area contributed by atoms with Crippen LogP contribution in [0.5, 0.6) is 0 Å². The van der Waals surface area contributed by atoms with Gasteiger partial charge in [0, 0.05) is 34.6 Å². The molecule has 0 bridgehead atoms. The monoisotopic (exact) mass is 617 g/mol. The Labute approximate surface area is 253 Å². The van der Waals surface area contributed by atoms with Crippen LogP contribution in [0.2, 0.25) is 10.0 Å². The Balaban J connectivity index is 2.13. The first-order valence-electron chi connectivity index (χ1n) is 13.4. The van der Waals surface area contributed by atoms with E-state index in [0.717, 1.165) is 21.7 Å². The zero-order chi connectivity index (χ0) is 30.3. The van der Waals surface area contributed by atoms with Crippen molar-refractivity contribution in [3.8, 4) is 0 Å². The lowest BCUT2D eigenvalue weighted by Gasteiger charge is -2.34. The van der Waals surface area contributed by atoms with E-state index in [9.17, 15) is 18.0 Å². The molecule has 7 nitrogen and oxygen atoms in total. The quantitative estimate of drug-likeness (QED) is 0.273. The molecular formula is C31H37Cl2N3O4S. The van der Waals surface area contributed by atoms with Crippen LogP contribution in [-0.4, -0.2) is 50.0 Å². The van der Waals surface area contributed by atoms with Crippen molar-refractivity contribution in [2.24, 2.45) is 0 Å². The van der Waals surface area contributed by atoms with Crippen LogP contribution in [0, 0.1) is 13.8 Å². The zero-order valence-electron chi connectivity index (χ0n) is 24.0. The molecule has 0 heterocycles. The minimum atomic E-state index is -3.87. The van der Waals surface area contributed by atoms with Gasteiger partial charge in [-0.05, 0) is 56.5 Å². The molecule has 0 spiro atoms. The van der Waals surface area contributed by atoms with Gasteiger partial charge in [0.15, 0.2) is 0 Å². The highest BCUT2D eigenvalue weighted by molar-refractivity contribution is 7.92. The van der Waals surface area contributed by atoms with Crippen LogP contribution in [0.4, 0.5) is 5.69 Å². The number of hydrogen-bond donors (Lipinski definition) is 1. The molecule has 0 saturated heterocycles. The van der Waals surface area contributed by atoms with E-state index in [1.165, 1.54) is 4.90 Å². The van der Waals surface area contributed by atoms with E-state index in [4.69, 9.17) is 23.2 Å². The molecule has 0 aliphatic heterocycles. The number of hydrogen-bond acceptors (Lipinski definition) is 4. The van der Waals surface area contributed by atoms with Gasteiger partial charge in [0.1, 0.15) is 12.6 Å². The van der Waals surface area contributed by atoms with E-state index in [0.29, 0.717) is 33.3 Å². The molecule has 1 N–H and O–H groups in total. The molecule has 3 rings (SSSR count). The summed E-state index contributed by atoms with van der Waals surface area (Å²) in [4.78, 5) is 29.4. The summed E-state index contributed by atoms with van der Waals surface area (Å²) in [7, 11) is -3.87. The van der Waals surface area contributed by atoms with E-state index in [1.807, 2.05) is 57.2 Å². The number of nitrogens with zero attached hydrogens (tertiary/aromatic N) is 2.